The quantitative estimate of drug-likeness (QED) is 0.0998. The summed E-state index contributed by atoms with van der Waals surface area (Å²) in [5, 5.41) is 15.1. The molecule has 0 spiro atoms. The first-order valence-electron chi connectivity index (χ1n) is 15.6. The number of nitrogens with zero attached hydrogens (tertiary/aromatic N) is 3. The van der Waals surface area contributed by atoms with Crippen molar-refractivity contribution < 1.29 is 27.5 Å². The highest BCUT2D eigenvalue weighted by atomic mass is 32.2. The van der Waals surface area contributed by atoms with Crippen LogP contribution in [-0.4, -0.2) is 49.3 Å². The summed E-state index contributed by atoms with van der Waals surface area (Å²) in [6.07, 6.45) is 11.5. The number of sulfone groups is 1. The van der Waals surface area contributed by atoms with Crippen LogP contribution in [0.4, 0.5) is 0 Å². The Bertz CT molecular complexity index is 1670. The fraction of sp³-hybridized carbons (Fsp3) is 0.400. The lowest BCUT2D eigenvalue weighted by atomic mass is 10.1. The zero-order valence-corrected chi connectivity index (χ0v) is 28.6. The molecule has 1 aliphatic rings. The van der Waals surface area contributed by atoms with Gasteiger partial charge in [0.25, 0.3) is 15.7 Å². The maximum atomic E-state index is 13.5. The molecular formula is C35H43N3O6S2. The first kappa shape index (κ1) is 35.0. The molecule has 9 nitrogen and oxygen atoms in total. The predicted molar refractivity (Wildman–Crippen MR) is 179 cm³/mol. The number of aromatic nitrogens is 2. The fourth-order valence-electron chi connectivity index (χ4n) is 5.11. The minimum absolute atomic E-state index is 0.0536. The second-order valence-corrected chi connectivity index (χ2v) is 14.7. The summed E-state index contributed by atoms with van der Waals surface area (Å²) in [5.41, 5.74) is 4.78. The van der Waals surface area contributed by atoms with Gasteiger partial charge in [0.2, 0.25) is 0 Å². The summed E-state index contributed by atoms with van der Waals surface area (Å²) in [7, 11) is -4.21. The molecule has 0 saturated carbocycles. The number of benzene rings is 2. The van der Waals surface area contributed by atoms with Crippen LogP contribution in [0.5, 0.6) is 5.88 Å². The first-order valence-corrected chi connectivity index (χ1v) is 18.1. The van der Waals surface area contributed by atoms with Crippen molar-refractivity contribution >= 4 is 27.5 Å². The topological polar surface area (TPSA) is 117 Å². The van der Waals surface area contributed by atoms with Gasteiger partial charge in [-0.05, 0) is 82.5 Å². The number of thioether (sulfide) groups is 1. The summed E-state index contributed by atoms with van der Waals surface area (Å²) in [5.74, 6) is 0.350. The monoisotopic (exact) mass is 665 g/mol. The van der Waals surface area contributed by atoms with E-state index < -0.39 is 21.0 Å². The zero-order chi connectivity index (χ0) is 33.1. The van der Waals surface area contributed by atoms with Crippen molar-refractivity contribution in [3.05, 3.63) is 100 Å². The Morgan fingerprint density at radius 1 is 0.978 bits per heavy atom. The number of hydrogen-bond donors (Lipinski definition) is 0. The molecule has 0 radical (unpaired) electrons. The van der Waals surface area contributed by atoms with Crippen LogP contribution in [0.15, 0.2) is 109 Å². The SMILES string of the molecule is CC(C)=CCC/C(C)=C/CC/C(C)=C/CSc1ccccc1C(=O)N1CCC(Oc2no[n+]([O-])c2S(=O)(=O)c2ccccc2)CC1. The van der Waals surface area contributed by atoms with Crippen LogP contribution in [0.25, 0.3) is 0 Å². The molecule has 0 atom stereocenters. The highest BCUT2D eigenvalue weighted by Gasteiger charge is 2.38. The van der Waals surface area contributed by atoms with Crippen LogP contribution < -0.4 is 9.64 Å². The Morgan fingerprint density at radius 3 is 2.30 bits per heavy atom. The van der Waals surface area contributed by atoms with Crippen LogP contribution in [0, 0.1) is 5.21 Å². The maximum Gasteiger partial charge on any atom is 0.415 e. The highest BCUT2D eigenvalue weighted by Crippen LogP contribution is 2.29. The van der Waals surface area contributed by atoms with Crippen LogP contribution >= 0.6 is 11.8 Å². The summed E-state index contributed by atoms with van der Waals surface area (Å²) in [6, 6.07) is 15.2. The Morgan fingerprint density at radius 2 is 1.61 bits per heavy atom. The lowest BCUT2D eigenvalue weighted by molar-refractivity contribution is -0.832. The van der Waals surface area contributed by atoms with Gasteiger partial charge in [0.1, 0.15) is 6.10 Å². The average molecular weight is 666 g/mol. The van der Waals surface area contributed by atoms with E-state index in [9.17, 15) is 18.4 Å². The van der Waals surface area contributed by atoms with E-state index in [0.29, 0.717) is 31.5 Å². The summed E-state index contributed by atoms with van der Waals surface area (Å²) in [4.78, 5) is 16.0. The van der Waals surface area contributed by atoms with Crippen molar-refractivity contribution in [1.82, 2.24) is 10.1 Å². The van der Waals surface area contributed by atoms with Gasteiger partial charge in [0.15, 0.2) is 0 Å². The van der Waals surface area contributed by atoms with Crippen LogP contribution in [-0.2, 0) is 9.84 Å². The molecule has 246 valence electrons. The summed E-state index contributed by atoms with van der Waals surface area (Å²) >= 11 is 1.65. The number of carbonyl (C=O) groups excluding carboxylic acids is 1. The highest BCUT2D eigenvalue weighted by molar-refractivity contribution is 7.99. The van der Waals surface area contributed by atoms with E-state index in [2.05, 4.69) is 55.7 Å². The van der Waals surface area contributed by atoms with Gasteiger partial charge in [0, 0.05) is 36.6 Å². The number of hydrogen-bond acceptors (Lipinski definition) is 8. The fourth-order valence-corrected chi connectivity index (χ4v) is 7.43. The lowest BCUT2D eigenvalue weighted by Crippen LogP contribution is -2.42. The number of allylic oxidation sites excluding steroid dienone is 5. The molecule has 1 saturated heterocycles. The minimum Gasteiger partial charge on any atom is -0.451 e. The van der Waals surface area contributed by atoms with E-state index in [1.165, 1.54) is 28.9 Å². The van der Waals surface area contributed by atoms with E-state index in [4.69, 9.17) is 4.74 Å². The van der Waals surface area contributed by atoms with Crippen molar-refractivity contribution in [3.8, 4) is 5.88 Å². The van der Waals surface area contributed by atoms with Crippen molar-refractivity contribution in [2.45, 2.75) is 87.1 Å². The standard InChI is InChI=1S/C35H43N3O6S2/c1-26(2)12-10-13-27(3)14-11-15-28(4)22-25-45-32-19-9-8-18-31(32)34(39)37-23-20-29(21-24-37)43-33-35(38(40)44-36-33)46(41,42)30-16-6-5-7-17-30/h5-9,12,14,16-19,22,29H,10-11,13,15,20-21,23-25H2,1-4H3/b27-14+,28-22+. The van der Waals surface area contributed by atoms with E-state index >= 15 is 0 Å². The minimum atomic E-state index is -4.21. The van der Waals surface area contributed by atoms with E-state index in [1.54, 1.807) is 34.9 Å². The Kier molecular flexibility index (Phi) is 12.7. The maximum absolute atomic E-state index is 13.5. The molecule has 11 heteroatoms. The van der Waals surface area contributed by atoms with E-state index in [0.717, 1.165) is 36.3 Å². The molecule has 2 heterocycles. The van der Waals surface area contributed by atoms with Gasteiger partial charge >= 0.3 is 10.9 Å². The van der Waals surface area contributed by atoms with Crippen molar-refractivity contribution in [2.75, 3.05) is 18.8 Å². The molecule has 1 amide bonds. The number of likely N-dealkylation sites (tertiary alicyclic amines) is 1. The molecule has 1 fully saturated rings. The molecule has 0 N–H and O–H groups in total. The number of carbonyl (C=O) groups is 1. The van der Waals surface area contributed by atoms with Gasteiger partial charge in [-0.1, -0.05) is 65.3 Å². The third kappa shape index (κ3) is 9.59. The normalized spacial score (nSPS) is 14.7. The molecule has 1 aromatic heterocycles. The van der Waals surface area contributed by atoms with Gasteiger partial charge in [-0.3, -0.25) is 9.42 Å². The molecule has 3 aromatic rings. The molecule has 46 heavy (non-hydrogen) atoms. The molecule has 1 aliphatic heterocycles. The van der Waals surface area contributed by atoms with Crippen molar-refractivity contribution in [2.24, 2.45) is 0 Å². The van der Waals surface area contributed by atoms with Crippen LogP contribution in [0.1, 0.15) is 76.6 Å². The first-order chi connectivity index (χ1) is 22.1. The third-order valence-electron chi connectivity index (χ3n) is 7.77. The largest absolute Gasteiger partial charge is 0.451 e. The second kappa shape index (κ2) is 16.6. The van der Waals surface area contributed by atoms with Gasteiger partial charge in [-0.25, -0.2) is 8.42 Å². The summed E-state index contributed by atoms with van der Waals surface area (Å²) in [6.45, 7) is 9.45. The van der Waals surface area contributed by atoms with Crippen molar-refractivity contribution in [1.29, 1.82) is 0 Å². The smallest absolute Gasteiger partial charge is 0.415 e. The third-order valence-corrected chi connectivity index (χ3v) is 10.5. The van der Waals surface area contributed by atoms with Crippen LogP contribution in [0.3, 0.4) is 0 Å². The second-order valence-electron chi connectivity index (χ2n) is 11.7. The molecule has 0 bridgehead atoms. The number of piperidine rings is 1. The van der Waals surface area contributed by atoms with Gasteiger partial charge in [0.05, 0.1) is 15.6 Å². The van der Waals surface area contributed by atoms with Crippen LogP contribution in [0.2, 0.25) is 0 Å². The summed E-state index contributed by atoms with van der Waals surface area (Å²) < 4.78 is 36.6. The van der Waals surface area contributed by atoms with E-state index in [1.807, 2.05) is 24.3 Å². The van der Waals surface area contributed by atoms with Crippen molar-refractivity contribution in [3.63, 3.8) is 0 Å². The predicted octanol–water partition coefficient (Wildman–Crippen LogP) is 7.34. The zero-order valence-electron chi connectivity index (χ0n) is 27.0. The average Bonchev–Trinajstić information content (AvgIpc) is 3.41. The van der Waals surface area contributed by atoms with Gasteiger partial charge < -0.3 is 14.8 Å². The number of amides is 1. The lowest BCUT2D eigenvalue weighted by Gasteiger charge is -2.31. The Balaban J connectivity index is 1.29. The van der Waals surface area contributed by atoms with Gasteiger partial charge in [-0.15, -0.1) is 11.8 Å². The Labute approximate surface area is 276 Å². The molecule has 4 rings (SSSR count). The van der Waals surface area contributed by atoms with Gasteiger partial charge in [-0.2, -0.15) is 0 Å². The van der Waals surface area contributed by atoms with E-state index in [-0.39, 0.29) is 21.6 Å². The molecule has 0 unspecified atom stereocenters. The number of ether oxygens (including phenoxy) is 1. The molecule has 0 aliphatic carbocycles. The molecular weight excluding hydrogens is 623 g/mol. The molecule has 2 aromatic carbocycles. The number of rotatable bonds is 14. The Hall–Kier alpha value is -3.83.